The third-order valence-corrected chi connectivity index (χ3v) is 11.1. The molecule has 0 radical (unpaired) electrons. The lowest BCUT2D eigenvalue weighted by Crippen LogP contribution is -2.43. The van der Waals surface area contributed by atoms with Crippen LogP contribution in [0.3, 0.4) is 0 Å². The van der Waals surface area contributed by atoms with E-state index in [4.69, 9.17) is 19.0 Å². The Kier molecular flexibility index (Phi) is 9.78. The minimum atomic E-state index is -5.95. The van der Waals surface area contributed by atoms with E-state index in [1.165, 1.54) is 6.08 Å². The number of thiazole rings is 1. The Labute approximate surface area is 278 Å². The third kappa shape index (κ3) is 8.26. The highest BCUT2D eigenvalue weighted by molar-refractivity contribution is 7.87. The maximum Gasteiger partial charge on any atom is 0.534 e. The van der Waals surface area contributed by atoms with E-state index >= 15 is 0 Å². The molecule has 2 fully saturated rings. The lowest BCUT2D eigenvalue weighted by atomic mass is 9.79. The summed E-state index contributed by atoms with van der Waals surface area (Å²) in [5, 5.41) is 1.04. The second kappa shape index (κ2) is 12.8. The molecule has 1 amide bonds. The highest BCUT2D eigenvalue weighted by Crippen LogP contribution is 2.37. The van der Waals surface area contributed by atoms with Crippen LogP contribution in [-0.4, -0.2) is 84.9 Å². The van der Waals surface area contributed by atoms with Gasteiger partial charge in [-0.25, -0.2) is 14.7 Å². The van der Waals surface area contributed by atoms with Gasteiger partial charge in [-0.1, -0.05) is 6.07 Å². The Balaban J connectivity index is 1.17. The molecule has 47 heavy (non-hydrogen) atoms. The van der Waals surface area contributed by atoms with Gasteiger partial charge in [-0.15, -0.1) is 11.3 Å². The average Bonchev–Trinajstić information content (AvgIpc) is 3.61. The van der Waals surface area contributed by atoms with E-state index in [0.717, 1.165) is 58.1 Å². The van der Waals surface area contributed by atoms with Gasteiger partial charge in [0.25, 0.3) is 0 Å². The van der Waals surface area contributed by atoms with Gasteiger partial charge in [0, 0.05) is 26.1 Å². The number of allylic oxidation sites excluding steroid dienone is 1. The molecule has 3 aliphatic rings. The van der Waals surface area contributed by atoms with Crippen LogP contribution in [0.25, 0.3) is 10.2 Å². The number of carbonyl (C=O) groups excluding carboxylic acids is 1. The van der Waals surface area contributed by atoms with Gasteiger partial charge in [0.1, 0.15) is 5.60 Å². The van der Waals surface area contributed by atoms with Crippen molar-refractivity contribution in [1.82, 2.24) is 14.8 Å². The Bertz CT molecular complexity index is 1610. The van der Waals surface area contributed by atoms with Crippen molar-refractivity contribution in [2.24, 2.45) is 11.8 Å². The maximum absolute atomic E-state index is 13.0. The first kappa shape index (κ1) is 35.9. The molecule has 0 aliphatic carbocycles. The van der Waals surface area contributed by atoms with Crippen molar-refractivity contribution < 1.29 is 44.6 Å². The lowest BCUT2D eigenvalue weighted by Gasteiger charge is -2.34. The van der Waals surface area contributed by atoms with Crippen LogP contribution in [0.4, 0.5) is 18.0 Å². The van der Waals surface area contributed by atoms with E-state index in [0.29, 0.717) is 12.3 Å². The molecule has 2 aromatic rings. The molecule has 16 heteroatoms. The third-order valence-electron chi connectivity index (χ3n) is 9.08. The number of alkyl halides is 3. The van der Waals surface area contributed by atoms with Crippen LogP contribution in [-0.2, 0) is 34.8 Å². The van der Waals surface area contributed by atoms with E-state index in [1.807, 2.05) is 39.8 Å². The fourth-order valence-electron chi connectivity index (χ4n) is 5.95. The molecule has 1 aromatic carbocycles. The van der Waals surface area contributed by atoms with Crippen molar-refractivity contribution in [2.45, 2.75) is 96.5 Å². The topological polar surface area (TPSA) is 108 Å². The summed E-state index contributed by atoms with van der Waals surface area (Å²) in [5.41, 5.74) is -5.55. The monoisotopic (exact) mass is 701 g/mol. The van der Waals surface area contributed by atoms with Crippen molar-refractivity contribution in [1.29, 1.82) is 0 Å². The summed E-state index contributed by atoms with van der Waals surface area (Å²) < 4.78 is 85.7. The quantitative estimate of drug-likeness (QED) is 0.191. The van der Waals surface area contributed by atoms with E-state index in [9.17, 15) is 26.4 Å². The van der Waals surface area contributed by atoms with Crippen LogP contribution in [0, 0.1) is 11.8 Å². The Morgan fingerprint density at radius 2 is 1.79 bits per heavy atom. The van der Waals surface area contributed by atoms with Gasteiger partial charge in [-0.2, -0.15) is 21.6 Å². The molecule has 3 aliphatic heterocycles. The van der Waals surface area contributed by atoms with E-state index < -0.39 is 51.5 Å². The standard InChI is InChI=1S/C31H43BF3N3O7S2/c1-28(2,3)42-27(39)38-19-20(8-11-26(38)43-47(40,41)31(33,34)35)16-21-12-14-37(18-21)15-13-25-36-23-17-22(9-10-24(23)46-25)32-44-29(4,5)30(6,7)45-32/h9-11,17,20-21H,8,12-16,18-19H2,1-7H3/t20-,21?/m1/s1. The average molecular weight is 702 g/mol. The first-order valence-corrected chi connectivity index (χ1v) is 18.0. The number of nitrogens with zero attached hydrogens (tertiary/aromatic N) is 3. The second-order valence-corrected chi connectivity index (χ2v) is 17.2. The van der Waals surface area contributed by atoms with Gasteiger partial charge in [-0.05, 0) is 110 Å². The number of likely N-dealkylation sites (tertiary alicyclic amines) is 1. The smallest absolute Gasteiger partial charge is 0.443 e. The zero-order valence-corrected chi connectivity index (χ0v) is 29.5. The summed E-state index contributed by atoms with van der Waals surface area (Å²) in [6, 6.07) is 6.14. The van der Waals surface area contributed by atoms with Crippen molar-refractivity contribution in [3.63, 3.8) is 0 Å². The largest absolute Gasteiger partial charge is 0.534 e. The normalized spacial score (nSPS) is 23.7. The molecule has 260 valence electrons. The zero-order valence-electron chi connectivity index (χ0n) is 27.8. The molecule has 2 saturated heterocycles. The number of hydrogen-bond donors (Lipinski definition) is 0. The van der Waals surface area contributed by atoms with Crippen molar-refractivity contribution >= 4 is 50.3 Å². The van der Waals surface area contributed by atoms with Crippen LogP contribution < -0.4 is 5.46 Å². The summed E-state index contributed by atoms with van der Waals surface area (Å²) in [7, 11) is -6.39. The molecule has 4 heterocycles. The van der Waals surface area contributed by atoms with Gasteiger partial charge >= 0.3 is 28.8 Å². The summed E-state index contributed by atoms with van der Waals surface area (Å²) >= 11 is 1.67. The molecule has 1 unspecified atom stereocenters. The van der Waals surface area contributed by atoms with Crippen LogP contribution in [0.15, 0.2) is 30.2 Å². The first-order valence-electron chi connectivity index (χ1n) is 15.8. The highest BCUT2D eigenvalue weighted by Gasteiger charge is 2.52. The van der Waals surface area contributed by atoms with E-state index in [1.54, 1.807) is 32.1 Å². The molecular weight excluding hydrogens is 658 g/mol. The Morgan fingerprint density at radius 1 is 1.11 bits per heavy atom. The number of halogens is 3. The summed E-state index contributed by atoms with van der Waals surface area (Å²) in [5.74, 6) is -0.469. The summed E-state index contributed by atoms with van der Waals surface area (Å²) in [6.07, 6.45) is 3.00. The Morgan fingerprint density at radius 3 is 2.43 bits per heavy atom. The second-order valence-electron chi connectivity index (χ2n) is 14.6. The molecule has 0 N–H and O–H groups in total. The van der Waals surface area contributed by atoms with Crippen molar-refractivity contribution in [2.75, 3.05) is 26.2 Å². The van der Waals surface area contributed by atoms with Gasteiger partial charge in [0.2, 0.25) is 5.88 Å². The highest BCUT2D eigenvalue weighted by atomic mass is 32.2. The molecule has 0 spiro atoms. The molecule has 1 aromatic heterocycles. The molecule has 10 nitrogen and oxygen atoms in total. The molecule has 5 rings (SSSR count). The fraction of sp³-hybridized carbons (Fsp3) is 0.677. The molecule has 0 saturated carbocycles. The minimum Gasteiger partial charge on any atom is -0.443 e. The van der Waals surface area contributed by atoms with Crippen LogP contribution in [0.5, 0.6) is 0 Å². The van der Waals surface area contributed by atoms with Crippen LogP contribution >= 0.6 is 11.3 Å². The predicted molar refractivity (Wildman–Crippen MR) is 173 cm³/mol. The maximum atomic E-state index is 13.0. The number of benzene rings is 1. The molecule has 0 bridgehead atoms. The number of rotatable bonds is 8. The van der Waals surface area contributed by atoms with Crippen molar-refractivity contribution in [3.05, 3.63) is 35.2 Å². The fourth-order valence-corrected chi connectivity index (χ4v) is 7.36. The van der Waals surface area contributed by atoms with Gasteiger partial charge in [0.15, 0.2) is 0 Å². The SMILES string of the molecule is CC(C)(C)OC(=O)N1C[C@@H](CC2CCN(CCc3nc4cc(B5OC(C)(C)C(C)(C)O5)ccc4s3)C2)CC=C1OS(=O)(=O)C(F)(F)F. The van der Waals surface area contributed by atoms with Crippen LogP contribution in [0.1, 0.15) is 72.7 Å². The van der Waals surface area contributed by atoms with Crippen molar-refractivity contribution in [3.8, 4) is 0 Å². The number of fused-ring (bicyclic) bond motifs is 1. The van der Waals surface area contributed by atoms with Gasteiger partial charge in [0.05, 0.1) is 26.4 Å². The van der Waals surface area contributed by atoms with Gasteiger partial charge < -0.3 is 23.1 Å². The van der Waals surface area contributed by atoms with E-state index in [-0.39, 0.29) is 18.9 Å². The predicted octanol–water partition coefficient (Wildman–Crippen LogP) is 5.81. The minimum absolute atomic E-state index is 0.00968. The van der Waals surface area contributed by atoms with Gasteiger partial charge in [-0.3, -0.25) is 0 Å². The number of aromatic nitrogens is 1. The Hall–Kier alpha value is -2.40. The zero-order chi connectivity index (χ0) is 34.6. The summed E-state index contributed by atoms with van der Waals surface area (Å²) in [4.78, 5) is 21.0. The number of amides is 1. The lowest BCUT2D eigenvalue weighted by molar-refractivity contribution is -0.0546. The van der Waals surface area contributed by atoms with Crippen LogP contribution in [0.2, 0.25) is 0 Å². The van der Waals surface area contributed by atoms with E-state index in [2.05, 4.69) is 15.1 Å². The summed E-state index contributed by atoms with van der Waals surface area (Å²) in [6.45, 7) is 15.5. The molecule has 2 atom stereocenters. The molecular formula is C31H43BF3N3O7S2. The number of ether oxygens (including phenoxy) is 1. The number of hydrogen-bond acceptors (Lipinski definition) is 10. The number of carbonyl (C=O) groups is 1. The first-order chi connectivity index (χ1) is 21.6.